The van der Waals surface area contributed by atoms with Gasteiger partial charge >= 0.3 is 6.03 Å². The maximum Gasteiger partial charge on any atom is 0.319 e. The van der Waals surface area contributed by atoms with Crippen molar-refractivity contribution in [3.63, 3.8) is 0 Å². The molecule has 1 fully saturated rings. The molecule has 6 nitrogen and oxygen atoms in total. The van der Waals surface area contributed by atoms with Crippen LogP contribution in [0.25, 0.3) is 11.3 Å². The number of amides is 2. The predicted octanol–water partition coefficient (Wildman–Crippen LogP) is 4.13. The SMILES string of the molecule is CN(C)CCCCN1C(=O)NCC1N=Cc1ccc(-c2ccc(Cl)cc2)o1.Cl. The van der Waals surface area contributed by atoms with E-state index in [0.29, 0.717) is 23.9 Å². The lowest BCUT2D eigenvalue weighted by Gasteiger charge is -2.20. The number of unbranched alkanes of at least 4 members (excludes halogenated alkanes) is 1. The number of hydrogen-bond acceptors (Lipinski definition) is 4. The molecular weight excluding hydrogens is 399 g/mol. The molecule has 0 saturated carbocycles. The minimum atomic E-state index is -0.194. The first-order chi connectivity index (χ1) is 13.0. The van der Waals surface area contributed by atoms with Crippen molar-refractivity contribution in [3.05, 3.63) is 47.2 Å². The summed E-state index contributed by atoms with van der Waals surface area (Å²) in [5, 5.41) is 3.55. The van der Waals surface area contributed by atoms with Crippen molar-refractivity contribution in [2.24, 2.45) is 4.99 Å². The van der Waals surface area contributed by atoms with Gasteiger partial charge in [0.1, 0.15) is 17.7 Å². The number of carbonyl (C=O) groups is 1. The van der Waals surface area contributed by atoms with Crippen molar-refractivity contribution in [2.45, 2.75) is 19.0 Å². The van der Waals surface area contributed by atoms with Gasteiger partial charge < -0.3 is 19.5 Å². The Morgan fingerprint density at radius 2 is 2.00 bits per heavy atom. The summed E-state index contributed by atoms with van der Waals surface area (Å²) in [6.07, 6.45) is 3.51. The quantitative estimate of drug-likeness (QED) is 0.511. The number of furan rings is 1. The van der Waals surface area contributed by atoms with Crippen LogP contribution < -0.4 is 5.32 Å². The van der Waals surface area contributed by atoms with Crippen LogP contribution in [0.15, 0.2) is 45.8 Å². The molecule has 1 aliphatic heterocycles. The fourth-order valence-electron chi connectivity index (χ4n) is 2.97. The number of hydrogen-bond donors (Lipinski definition) is 1. The van der Waals surface area contributed by atoms with Crippen LogP contribution in [0, 0.1) is 0 Å². The van der Waals surface area contributed by atoms with Gasteiger partial charge in [-0.15, -0.1) is 12.4 Å². The fraction of sp³-hybridized carbons (Fsp3) is 0.400. The Morgan fingerprint density at radius 3 is 2.71 bits per heavy atom. The Labute approximate surface area is 177 Å². The van der Waals surface area contributed by atoms with Crippen LogP contribution in [-0.2, 0) is 0 Å². The van der Waals surface area contributed by atoms with Gasteiger partial charge in [-0.25, -0.2) is 4.79 Å². The van der Waals surface area contributed by atoms with Crippen LogP contribution in [0.3, 0.4) is 0 Å². The third kappa shape index (κ3) is 5.99. The molecule has 28 heavy (non-hydrogen) atoms. The summed E-state index contributed by atoms with van der Waals surface area (Å²) in [5.74, 6) is 1.42. The van der Waals surface area contributed by atoms with Gasteiger partial charge in [-0.05, 0) is 69.9 Å². The monoisotopic (exact) mass is 424 g/mol. The molecule has 8 heteroatoms. The molecule has 0 bridgehead atoms. The standard InChI is InChI=1S/C20H25ClN4O2.ClH/c1-24(2)11-3-4-12-25-19(14-23-20(25)26)22-13-17-9-10-18(27-17)15-5-7-16(21)8-6-15;/h5-10,13,19H,3-4,11-12,14H2,1-2H3,(H,23,26);1H. The van der Waals surface area contributed by atoms with Gasteiger partial charge in [0.15, 0.2) is 0 Å². The van der Waals surface area contributed by atoms with E-state index in [1.165, 1.54) is 0 Å². The molecule has 1 atom stereocenters. The van der Waals surface area contributed by atoms with E-state index in [1.54, 1.807) is 11.1 Å². The zero-order valence-electron chi connectivity index (χ0n) is 16.1. The van der Waals surface area contributed by atoms with Crippen LogP contribution >= 0.6 is 24.0 Å². The number of urea groups is 1. The average Bonchev–Trinajstić information content (AvgIpc) is 3.25. The second-order valence-corrected chi connectivity index (χ2v) is 7.29. The number of halogens is 2. The topological polar surface area (TPSA) is 61.1 Å². The molecule has 1 aromatic carbocycles. The number of nitrogens with one attached hydrogen (secondary N) is 1. The van der Waals surface area contributed by atoms with E-state index >= 15 is 0 Å². The molecular formula is C20H26Cl2N4O2. The van der Waals surface area contributed by atoms with E-state index in [4.69, 9.17) is 16.0 Å². The highest BCUT2D eigenvalue weighted by Crippen LogP contribution is 2.23. The molecule has 152 valence electrons. The summed E-state index contributed by atoms with van der Waals surface area (Å²) in [6.45, 7) is 2.24. The van der Waals surface area contributed by atoms with Crippen LogP contribution in [0.4, 0.5) is 4.79 Å². The van der Waals surface area contributed by atoms with Crippen LogP contribution in [-0.4, -0.2) is 61.9 Å². The molecule has 2 heterocycles. The number of aliphatic imine (C=N–C) groups is 1. The second kappa shape index (κ2) is 10.5. The summed E-state index contributed by atoms with van der Waals surface area (Å²) in [4.78, 5) is 20.5. The van der Waals surface area contributed by atoms with Crippen molar-refractivity contribution in [1.82, 2.24) is 15.1 Å². The smallest absolute Gasteiger partial charge is 0.319 e. The second-order valence-electron chi connectivity index (χ2n) is 6.86. The Bertz CT molecular complexity index is 790. The van der Waals surface area contributed by atoms with E-state index in [0.717, 1.165) is 30.7 Å². The van der Waals surface area contributed by atoms with Crippen molar-refractivity contribution < 1.29 is 9.21 Å². The number of nitrogens with zero attached hydrogens (tertiary/aromatic N) is 3. The summed E-state index contributed by atoms with van der Waals surface area (Å²) in [5.41, 5.74) is 0.958. The summed E-state index contributed by atoms with van der Waals surface area (Å²) in [6, 6.07) is 11.2. The Balaban J connectivity index is 0.00000280. The first-order valence-electron chi connectivity index (χ1n) is 9.11. The van der Waals surface area contributed by atoms with Gasteiger partial charge in [0.05, 0.1) is 12.8 Å². The van der Waals surface area contributed by atoms with Gasteiger partial charge in [-0.1, -0.05) is 11.6 Å². The maximum atomic E-state index is 12.0. The average molecular weight is 425 g/mol. The van der Waals surface area contributed by atoms with Crippen molar-refractivity contribution in [1.29, 1.82) is 0 Å². The summed E-state index contributed by atoms with van der Waals surface area (Å²) in [7, 11) is 4.11. The first-order valence-corrected chi connectivity index (χ1v) is 9.49. The highest BCUT2D eigenvalue weighted by molar-refractivity contribution is 6.30. The molecule has 1 unspecified atom stereocenters. The molecule has 3 rings (SSSR count). The first kappa shape index (κ1) is 22.3. The zero-order chi connectivity index (χ0) is 19.2. The lowest BCUT2D eigenvalue weighted by atomic mass is 10.2. The van der Waals surface area contributed by atoms with E-state index in [1.807, 2.05) is 36.4 Å². The van der Waals surface area contributed by atoms with Crippen molar-refractivity contribution >= 4 is 36.3 Å². The molecule has 1 saturated heterocycles. The van der Waals surface area contributed by atoms with Crippen LogP contribution in [0.1, 0.15) is 18.6 Å². The highest BCUT2D eigenvalue weighted by Gasteiger charge is 2.29. The molecule has 2 amide bonds. The van der Waals surface area contributed by atoms with E-state index in [-0.39, 0.29) is 24.6 Å². The van der Waals surface area contributed by atoms with Crippen molar-refractivity contribution in [2.75, 3.05) is 33.7 Å². The Morgan fingerprint density at radius 1 is 1.25 bits per heavy atom. The largest absolute Gasteiger partial charge is 0.455 e. The molecule has 2 aromatic rings. The Kier molecular flexibility index (Phi) is 8.35. The van der Waals surface area contributed by atoms with E-state index < -0.39 is 0 Å². The maximum absolute atomic E-state index is 12.0. The van der Waals surface area contributed by atoms with Crippen molar-refractivity contribution in [3.8, 4) is 11.3 Å². The molecule has 1 aliphatic rings. The fourth-order valence-corrected chi connectivity index (χ4v) is 3.10. The number of carbonyl (C=O) groups excluding carboxylic acids is 1. The highest BCUT2D eigenvalue weighted by atomic mass is 35.5. The molecule has 0 aliphatic carbocycles. The zero-order valence-corrected chi connectivity index (χ0v) is 17.7. The Hall–Kier alpha value is -2.02. The lowest BCUT2D eigenvalue weighted by Crippen LogP contribution is -2.34. The molecule has 1 aromatic heterocycles. The number of benzene rings is 1. The van der Waals surface area contributed by atoms with Crippen LogP contribution in [0.2, 0.25) is 5.02 Å². The van der Waals surface area contributed by atoms with Gasteiger partial charge in [-0.2, -0.15) is 0 Å². The minimum Gasteiger partial charge on any atom is -0.455 e. The van der Waals surface area contributed by atoms with Gasteiger partial charge in [-0.3, -0.25) is 4.99 Å². The number of rotatable bonds is 8. The van der Waals surface area contributed by atoms with E-state index in [2.05, 4.69) is 29.3 Å². The summed E-state index contributed by atoms with van der Waals surface area (Å²) >= 11 is 5.92. The predicted molar refractivity (Wildman–Crippen MR) is 116 cm³/mol. The van der Waals surface area contributed by atoms with Gasteiger partial charge in [0.25, 0.3) is 0 Å². The molecule has 0 radical (unpaired) electrons. The van der Waals surface area contributed by atoms with Gasteiger partial charge in [0.2, 0.25) is 0 Å². The third-order valence-electron chi connectivity index (χ3n) is 4.44. The van der Waals surface area contributed by atoms with Crippen LogP contribution in [0.5, 0.6) is 0 Å². The van der Waals surface area contributed by atoms with Gasteiger partial charge in [0, 0.05) is 17.1 Å². The normalized spacial score (nSPS) is 16.6. The van der Waals surface area contributed by atoms with E-state index in [9.17, 15) is 4.79 Å². The lowest BCUT2D eigenvalue weighted by molar-refractivity contribution is 0.203. The molecule has 0 spiro atoms. The minimum absolute atomic E-state index is 0. The summed E-state index contributed by atoms with van der Waals surface area (Å²) < 4.78 is 5.83. The molecule has 1 N–H and O–H groups in total. The third-order valence-corrected chi connectivity index (χ3v) is 4.69.